The Morgan fingerprint density at radius 1 is 1.24 bits per heavy atom. The lowest BCUT2D eigenvalue weighted by Gasteiger charge is -2.31. The van der Waals surface area contributed by atoms with Crippen LogP contribution in [0.25, 0.3) is 0 Å². The van der Waals surface area contributed by atoms with Gasteiger partial charge in [-0.15, -0.1) is 0 Å². The van der Waals surface area contributed by atoms with Gasteiger partial charge in [0.05, 0.1) is 11.9 Å². The topological polar surface area (TPSA) is 40.2 Å². The van der Waals surface area contributed by atoms with E-state index in [0.717, 1.165) is 30.5 Å². The molecule has 132 valence electrons. The first-order chi connectivity index (χ1) is 12.1. The monoisotopic (exact) mass is 354 g/mol. The third kappa shape index (κ3) is 5.16. The molecule has 0 spiro atoms. The highest BCUT2D eigenvalue weighted by Gasteiger charge is 2.17. The molecule has 1 aromatic carbocycles. The predicted octanol–water partition coefficient (Wildman–Crippen LogP) is 4.11. The maximum Gasteiger partial charge on any atom is 0.171 e. The van der Waals surface area contributed by atoms with Crippen LogP contribution in [-0.4, -0.2) is 23.2 Å². The Morgan fingerprint density at radius 3 is 2.72 bits per heavy atom. The fourth-order valence-electron chi connectivity index (χ4n) is 3.11. The van der Waals surface area contributed by atoms with Crippen molar-refractivity contribution in [3.63, 3.8) is 0 Å². The number of hydrogen-bond donors (Lipinski definition) is 2. The molecule has 3 rings (SSSR count). The second-order valence-corrected chi connectivity index (χ2v) is 7.30. The van der Waals surface area contributed by atoms with Crippen LogP contribution < -0.4 is 15.5 Å². The fourth-order valence-corrected chi connectivity index (χ4v) is 3.30. The highest BCUT2D eigenvalue weighted by molar-refractivity contribution is 7.80. The number of piperidine rings is 1. The van der Waals surface area contributed by atoms with Crippen molar-refractivity contribution < 1.29 is 0 Å². The van der Waals surface area contributed by atoms with Crippen molar-refractivity contribution in [1.82, 2.24) is 10.3 Å². The van der Waals surface area contributed by atoms with E-state index in [0.29, 0.717) is 11.7 Å². The molecule has 0 aliphatic carbocycles. The van der Waals surface area contributed by atoms with E-state index >= 15 is 0 Å². The van der Waals surface area contributed by atoms with Crippen LogP contribution >= 0.6 is 12.2 Å². The van der Waals surface area contributed by atoms with Crippen LogP contribution in [0.5, 0.6) is 0 Å². The summed E-state index contributed by atoms with van der Waals surface area (Å²) >= 11 is 5.37. The van der Waals surface area contributed by atoms with Gasteiger partial charge in [-0.3, -0.25) is 0 Å². The summed E-state index contributed by atoms with van der Waals surface area (Å²) in [6.07, 6.45) is 4.42. The molecule has 1 atom stereocenters. The number of hydrogen-bond acceptors (Lipinski definition) is 3. The van der Waals surface area contributed by atoms with Gasteiger partial charge in [-0.05, 0) is 55.6 Å². The van der Waals surface area contributed by atoms with E-state index in [-0.39, 0.29) is 0 Å². The highest BCUT2D eigenvalue weighted by atomic mass is 32.1. The molecule has 1 aliphatic heterocycles. The molecular formula is C20H26N4S. The van der Waals surface area contributed by atoms with Crippen molar-refractivity contribution in [2.24, 2.45) is 5.92 Å². The third-order valence-electron chi connectivity index (χ3n) is 4.56. The van der Waals surface area contributed by atoms with Crippen molar-refractivity contribution >= 4 is 28.8 Å². The SMILES string of the molecule is Cc1ccc(CNC(=S)Nc2ccc(N3CCCC(C)C3)nc2)cc1. The lowest BCUT2D eigenvalue weighted by molar-refractivity contribution is 0.444. The zero-order valence-electron chi connectivity index (χ0n) is 15.0. The van der Waals surface area contributed by atoms with Crippen molar-refractivity contribution in [3.05, 3.63) is 53.7 Å². The Kier molecular flexibility index (Phi) is 5.87. The molecule has 1 aromatic heterocycles. The average Bonchev–Trinajstić information content (AvgIpc) is 2.62. The van der Waals surface area contributed by atoms with E-state index in [1.807, 2.05) is 12.3 Å². The number of thiocarbonyl (C=S) groups is 1. The lowest BCUT2D eigenvalue weighted by atomic mass is 10.0. The molecule has 25 heavy (non-hydrogen) atoms. The van der Waals surface area contributed by atoms with Crippen molar-refractivity contribution in [3.8, 4) is 0 Å². The summed E-state index contributed by atoms with van der Waals surface area (Å²) in [6, 6.07) is 12.6. The van der Waals surface area contributed by atoms with Crippen LogP contribution in [0.2, 0.25) is 0 Å². The molecule has 0 saturated carbocycles. The molecule has 0 bridgehead atoms. The molecule has 2 aromatic rings. The zero-order valence-corrected chi connectivity index (χ0v) is 15.8. The molecule has 1 aliphatic rings. The van der Waals surface area contributed by atoms with Gasteiger partial charge in [0.15, 0.2) is 5.11 Å². The van der Waals surface area contributed by atoms with Crippen LogP contribution in [0.15, 0.2) is 42.6 Å². The first-order valence-corrected chi connectivity index (χ1v) is 9.32. The predicted molar refractivity (Wildman–Crippen MR) is 109 cm³/mol. The van der Waals surface area contributed by atoms with E-state index in [4.69, 9.17) is 12.2 Å². The summed E-state index contributed by atoms with van der Waals surface area (Å²) in [7, 11) is 0. The number of aromatic nitrogens is 1. The van der Waals surface area contributed by atoms with Gasteiger partial charge < -0.3 is 15.5 Å². The number of benzene rings is 1. The minimum Gasteiger partial charge on any atom is -0.358 e. The van der Waals surface area contributed by atoms with Gasteiger partial charge in [0, 0.05) is 19.6 Å². The minimum atomic E-state index is 0.613. The van der Waals surface area contributed by atoms with Gasteiger partial charge in [0.25, 0.3) is 0 Å². The van der Waals surface area contributed by atoms with Crippen molar-refractivity contribution in [1.29, 1.82) is 0 Å². The number of anilines is 2. The van der Waals surface area contributed by atoms with Crippen LogP contribution in [-0.2, 0) is 6.54 Å². The Labute approximate surface area is 155 Å². The van der Waals surface area contributed by atoms with Gasteiger partial charge in [0.2, 0.25) is 0 Å². The van der Waals surface area contributed by atoms with Crippen molar-refractivity contribution in [2.75, 3.05) is 23.3 Å². The summed E-state index contributed by atoms with van der Waals surface area (Å²) in [6.45, 7) is 7.30. The third-order valence-corrected chi connectivity index (χ3v) is 4.81. The molecule has 4 nitrogen and oxygen atoms in total. The second-order valence-electron chi connectivity index (χ2n) is 6.89. The van der Waals surface area contributed by atoms with E-state index in [2.05, 4.69) is 64.7 Å². The summed E-state index contributed by atoms with van der Waals surface area (Å²) in [5.41, 5.74) is 3.39. The molecule has 5 heteroatoms. The maximum absolute atomic E-state index is 5.37. The standard InChI is InChI=1S/C20H26N4S/c1-15-5-7-17(8-6-15)12-22-20(25)23-18-9-10-19(21-13-18)24-11-3-4-16(2)14-24/h5-10,13,16H,3-4,11-12,14H2,1-2H3,(H2,22,23,25). The average molecular weight is 355 g/mol. The van der Waals surface area contributed by atoms with Gasteiger partial charge >= 0.3 is 0 Å². The molecular weight excluding hydrogens is 328 g/mol. The van der Waals surface area contributed by atoms with E-state index in [1.165, 1.54) is 24.0 Å². The van der Waals surface area contributed by atoms with Crippen LogP contribution in [0, 0.1) is 12.8 Å². The maximum atomic E-state index is 5.37. The first-order valence-electron chi connectivity index (χ1n) is 8.91. The molecule has 0 radical (unpaired) electrons. The summed E-state index contributed by atoms with van der Waals surface area (Å²) in [5.74, 6) is 1.79. The Balaban J connectivity index is 1.50. The zero-order chi connectivity index (χ0) is 17.6. The Hall–Kier alpha value is -2.14. The molecule has 1 fully saturated rings. The number of aryl methyl sites for hydroxylation is 1. The molecule has 0 amide bonds. The van der Waals surface area contributed by atoms with Crippen LogP contribution in [0.3, 0.4) is 0 Å². The van der Waals surface area contributed by atoms with Crippen LogP contribution in [0.1, 0.15) is 30.9 Å². The number of rotatable bonds is 4. The highest BCUT2D eigenvalue weighted by Crippen LogP contribution is 2.22. The fraction of sp³-hybridized carbons (Fsp3) is 0.400. The van der Waals surface area contributed by atoms with E-state index in [9.17, 15) is 0 Å². The number of nitrogens with zero attached hydrogens (tertiary/aromatic N) is 2. The van der Waals surface area contributed by atoms with Gasteiger partial charge in [-0.2, -0.15) is 0 Å². The normalized spacial score (nSPS) is 17.2. The number of pyridine rings is 1. The van der Waals surface area contributed by atoms with Crippen LogP contribution in [0.4, 0.5) is 11.5 Å². The molecule has 1 saturated heterocycles. The van der Waals surface area contributed by atoms with E-state index < -0.39 is 0 Å². The quantitative estimate of drug-likeness (QED) is 0.809. The Morgan fingerprint density at radius 2 is 2.04 bits per heavy atom. The Bertz CT molecular complexity index is 697. The summed E-state index contributed by atoms with van der Waals surface area (Å²) in [4.78, 5) is 6.96. The summed E-state index contributed by atoms with van der Waals surface area (Å²) in [5, 5.41) is 7.05. The van der Waals surface area contributed by atoms with E-state index in [1.54, 1.807) is 0 Å². The minimum absolute atomic E-state index is 0.613. The second kappa shape index (κ2) is 8.30. The summed E-state index contributed by atoms with van der Waals surface area (Å²) < 4.78 is 0. The molecule has 2 N–H and O–H groups in total. The largest absolute Gasteiger partial charge is 0.358 e. The van der Waals surface area contributed by atoms with Gasteiger partial charge in [0.1, 0.15) is 5.82 Å². The first kappa shape index (κ1) is 17.7. The lowest BCUT2D eigenvalue weighted by Crippen LogP contribution is -2.34. The number of nitrogens with one attached hydrogen (secondary N) is 2. The van der Waals surface area contributed by atoms with Gasteiger partial charge in [-0.25, -0.2) is 4.98 Å². The molecule has 1 unspecified atom stereocenters. The van der Waals surface area contributed by atoms with Gasteiger partial charge in [-0.1, -0.05) is 36.8 Å². The smallest absolute Gasteiger partial charge is 0.171 e. The molecule has 2 heterocycles. The van der Waals surface area contributed by atoms with Crippen molar-refractivity contribution in [2.45, 2.75) is 33.2 Å².